The fourth-order valence-electron chi connectivity index (χ4n) is 5.66. The monoisotopic (exact) mass is 848 g/mol. The summed E-state index contributed by atoms with van der Waals surface area (Å²) in [6.07, 6.45) is 2.51. The first-order chi connectivity index (χ1) is 26.8. The fraction of sp³-hybridized carbons (Fsp3) is 0.244. The molecule has 0 saturated heterocycles. The van der Waals surface area contributed by atoms with Gasteiger partial charge in [-0.05, 0) is 76.7 Å². The van der Waals surface area contributed by atoms with Crippen molar-refractivity contribution in [3.8, 4) is 33.6 Å². The van der Waals surface area contributed by atoms with Gasteiger partial charge in [0.2, 0.25) is 0 Å². The molecule has 5 heteroatoms. The first-order valence-electron chi connectivity index (χ1n) is 20.5. The van der Waals surface area contributed by atoms with Gasteiger partial charge in [0.05, 0.1) is 5.58 Å². The van der Waals surface area contributed by atoms with Crippen LogP contribution in [0.15, 0.2) is 102 Å². The van der Waals surface area contributed by atoms with Crippen molar-refractivity contribution in [2.24, 2.45) is 0 Å². The van der Waals surface area contributed by atoms with Gasteiger partial charge in [-0.3, -0.25) is 0 Å². The summed E-state index contributed by atoms with van der Waals surface area (Å²) in [5.41, 5.74) is 5.96. The molecule has 50 heavy (non-hydrogen) atoms. The molecule has 7 rings (SSSR count). The van der Waals surface area contributed by atoms with Gasteiger partial charge in [-0.15, -0.1) is 47.5 Å². The Hall–Kier alpha value is -4.44. The second-order valence-electron chi connectivity index (χ2n) is 14.1. The zero-order valence-electron chi connectivity index (χ0n) is 37.8. The number of aromatic nitrogens is 2. The van der Waals surface area contributed by atoms with Gasteiger partial charge in [0.15, 0.2) is 0 Å². The van der Waals surface area contributed by atoms with E-state index in [1.165, 1.54) is 18.3 Å². The topological polar surface area (TPSA) is 38.9 Å². The van der Waals surface area contributed by atoms with Gasteiger partial charge >= 0.3 is 0 Å². The van der Waals surface area contributed by atoms with Crippen LogP contribution in [0.25, 0.3) is 55.6 Å². The van der Waals surface area contributed by atoms with Gasteiger partial charge in [-0.2, -0.15) is 0 Å². The van der Waals surface area contributed by atoms with E-state index in [0.29, 0.717) is 16.8 Å². The maximum absolute atomic E-state index is 14.0. The van der Waals surface area contributed by atoms with E-state index in [4.69, 9.17) is 16.8 Å². The molecule has 3 nitrogen and oxygen atoms in total. The molecule has 0 atom stereocenters. The molecule has 0 aliphatic rings. The molecule has 7 aromatic rings. The van der Waals surface area contributed by atoms with Crippen LogP contribution in [-0.2, 0) is 30.9 Å². The largest absolute Gasteiger partial charge is 0.501 e. The molecule has 257 valence electrons. The summed E-state index contributed by atoms with van der Waals surface area (Å²) in [5, 5.41) is 2.01. The molecule has 0 saturated carbocycles. The van der Waals surface area contributed by atoms with Crippen molar-refractivity contribution in [2.45, 2.75) is 72.9 Å². The average Bonchev–Trinajstić information content (AvgIpc) is 3.51. The van der Waals surface area contributed by atoms with Crippen LogP contribution in [0.5, 0.6) is 0 Å². The Labute approximate surface area is 322 Å². The molecular weight excluding hydrogens is 796 g/mol. The van der Waals surface area contributed by atoms with Gasteiger partial charge < -0.3 is 14.4 Å². The third kappa shape index (κ3) is 7.80. The fourth-order valence-corrected chi connectivity index (χ4v) is 5.66. The molecule has 0 aliphatic carbocycles. The minimum atomic E-state index is -2.62. The van der Waals surface area contributed by atoms with Crippen LogP contribution in [0.3, 0.4) is 0 Å². The number of halogens is 1. The summed E-state index contributed by atoms with van der Waals surface area (Å²) >= 11 is 0. The Morgan fingerprint density at radius 2 is 1.42 bits per heavy atom. The van der Waals surface area contributed by atoms with Gasteiger partial charge in [0.1, 0.15) is 5.58 Å². The van der Waals surface area contributed by atoms with E-state index in [9.17, 15) is 4.39 Å². The summed E-state index contributed by atoms with van der Waals surface area (Å²) in [4.78, 5) is 8.57. The van der Waals surface area contributed by atoms with E-state index in [2.05, 4.69) is 52.4 Å². The SMILES string of the molecule is [2H]C([2H])([2H])c1cnc(-c2[c-]c(F)cc(C(C)(C)C)c2)cc1C([2H])([2H])[2H].[2H]C([2H])([2H])c1cnc(-c2[c-]ccc3c2oc2cc(-c4ccccc4)ccc23)cc1C(C)(C)C.[Ir]. The molecule has 0 aliphatic heterocycles. The van der Waals surface area contributed by atoms with Gasteiger partial charge in [-0.25, -0.2) is 4.39 Å². The molecular formula is C45H43FIrN2O-2. The van der Waals surface area contributed by atoms with Crippen molar-refractivity contribution in [3.05, 3.63) is 143 Å². The Balaban J connectivity index is 0.000000230. The first kappa shape index (κ1) is 26.4. The van der Waals surface area contributed by atoms with E-state index in [1.807, 2.05) is 77.9 Å². The third-order valence-corrected chi connectivity index (χ3v) is 8.39. The minimum absolute atomic E-state index is 0. The molecule has 0 N–H and O–H groups in total. The van der Waals surface area contributed by atoms with Crippen LogP contribution in [0, 0.1) is 38.5 Å². The number of rotatable bonds is 3. The Kier molecular flexibility index (Phi) is 7.61. The third-order valence-electron chi connectivity index (χ3n) is 8.39. The Morgan fingerprint density at radius 1 is 0.700 bits per heavy atom. The summed E-state index contributed by atoms with van der Waals surface area (Å²) in [5.74, 6) is -0.584. The maximum Gasteiger partial charge on any atom is 0.121 e. The van der Waals surface area contributed by atoms with E-state index in [0.717, 1.165) is 44.8 Å². The molecule has 0 bridgehead atoms. The van der Waals surface area contributed by atoms with Crippen LogP contribution in [0.4, 0.5) is 4.39 Å². The van der Waals surface area contributed by atoms with E-state index < -0.39 is 26.4 Å². The number of hydrogen-bond donors (Lipinski definition) is 0. The van der Waals surface area contributed by atoms with Gasteiger partial charge in [-0.1, -0.05) is 113 Å². The van der Waals surface area contributed by atoms with Crippen molar-refractivity contribution >= 4 is 21.9 Å². The summed E-state index contributed by atoms with van der Waals surface area (Å²) in [6.45, 7) is 4.35. The summed E-state index contributed by atoms with van der Waals surface area (Å²) in [6, 6.07) is 32.2. The van der Waals surface area contributed by atoms with Crippen LogP contribution in [0.1, 0.15) is 81.7 Å². The maximum atomic E-state index is 14.0. The zero-order chi connectivity index (χ0) is 42.6. The molecule has 1 radical (unpaired) electrons. The van der Waals surface area contributed by atoms with Gasteiger partial charge in [0, 0.05) is 56.0 Å². The Morgan fingerprint density at radius 3 is 2.12 bits per heavy atom. The molecule has 3 aromatic heterocycles. The van der Waals surface area contributed by atoms with Gasteiger partial charge in [0.25, 0.3) is 0 Å². The molecule has 0 spiro atoms. The molecule has 0 amide bonds. The average molecular weight is 848 g/mol. The number of hydrogen-bond acceptors (Lipinski definition) is 3. The summed E-state index contributed by atoms with van der Waals surface area (Å²) < 4.78 is 89.4. The van der Waals surface area contributed by atoms with Crippen molar-refractivity contribution in [1.82, 2.24) is 9.97 Å². The van der Waals surface area contributed by atoms with Crippen LogP contribution < -0.4 is 0 Å². The summed E-state index contributed by atoms with van der Waals surface area (Å²) in [7, 11) is 0. The van der Waals surface area contributed by atoms with Crippen LogP contribution >= 0.6 is 0 Å². The quantitative estimate of drug-likeness (QED) is 0.166. The van der Waals surface area contributed by atoms with Crippen molar-refractivity contribution < 1.29 is 41.2 Å². The molecule has 0 fully saturated rings. The normalized spacial score (nSPS) is 15.1. The van der Waals surface area contributed by atoms with Crippen LogP contribution in [0.2, 0.25) is 0 Å². The standard InChI is InChI=1S/C28H24NO.C17H19FN.Ir/c1-18-17-29-25(16-24(18)28(2,3)4)23-12-8-11-22-21-14-13-20(15-26(21)30-27(22)23)19-9-6-5-7-10-19;1-11-6-16(19-10-12(11)2)13-7-14(17(3,4)5)9-15(18)8-13;/h5-11,13-17H,1-4H3;6-7,9-10H,1-5H3;/q2*-1;/i1D3;1D3,2D3;. The predicted octanol–water partition coefficient (Wildman–Crippen LogP) is 12.3. The van der Waals surface area contributed by atoms with Crippen molar-refractivity contribution in [1.29, 1.82) is 0 Å². The van der Waals surface area contributed by atoms with Crippen molar-refractivity contribution in [3.63, 3.8) is 0 Å². The molecule has 0 unspecified atom stereocenters. The van der Waals surface area contributed by atoms with Crippen LogP contribution in [-0.4, -0.2) is 9.97 Å². The second kappa shape index (κ2) is 14.4. The van der Waals surface area contributed by atoms with E-state index in [1.54, 1.807) is 6.07 Å². The zero-order valence-corrected chi connectivity index (χ0v) is 31.1. The second-order valence-corrected chi connectivity index (χ2v) is 14.1. The number of aryl methyl sites for hydroxylation is 3. The number of furan rings is 1. The number of benzene rings is 4. The minimum Gasteiger partial charge on any atom is -0.501 e. The number of fused-ring (bicyclic) bond motifs is 3. The first-order valence-corrected chi connectivity index (χ1v) is 16.0. The number of nitrogens with zero attached hydrogens (tertiary/aromatic N) is 2. The predicted molar refractivity (Wildman–Crippen MR) is 201 cm³/mol. The van der Waals surface area contributed by atoms with Crippen molar-refractivity contribution in [2.75, 3.05) is 0 Å². The smallest absolute Gasteiger partial charge is 0.121 e. The van der Waals surface area contributed by atoms with E-state index >= 15 is 0 Å². The Bertz CT molecular complexity index is 2620. The van der Waals surface area contributed by atoms with E-state index in [-0.39, 0.29) is 58.9 Å². The molecule has 4 aromatic carbocycles. The number of pyridine rings is 2. The molecule has 3 heterocycles.